The third kappa shape index (κ3) is 4.14. The van der Waals surface area contributed by atoms with E-state index in [4.69, 9.17) is 5.73 Å². The summed E-state index contributed by atoms with van der Waals surface area (Å²) < 4.78 is 1.90. The number of nitrogens with one attached hydrogen (secondary N) is 1. The molecule has 0 radical (unpaired) electrons. The highest BCUT2D eigenvalue weighted by Gasteiger charge is 2.29. The standard InChI is InChI=1S/C13H24N4O/c1-4-7-15-13(3,12(14)18)6-5-8-17-10-11(2)9-16-17/h9-10,15H,4-8H2,1-3H3,(H2,14,18). The molecule has 1 atom stereocenters. The summed E-state index contributed by atoms with van der Waals surface area (Å²) in [5.41, 5.74) is 6.01. The lowest BCUT2D eigenvalue weighted by Gasteiger charge is -2.27. The number of hydrogen-bond acceptors (Lipinski definition) is 3. The third-order valence-electron chi connectivity index (χ3n) is 3.14. The van der Waals surface area contributed by atoms with Crippen molar-refractivity contribution < 1.29 is 4.79 Å². The summed E-state index contributed by atoms with van der Waals surface area (Å²) in [5.74, 6) is -0.285. The van der Waals surface area contributed by atoms with Gasteiger partial charge in [0.1, 0.15) is 0 Å². The van der Waals surface area contributed by atoms with E-state index in [0.717, 1.165) is 37.9 Å². The molecule has 1 unspecified atom stereocenters. The molecule has 102 valence electrons. The van der Waals surface area contributed by atoms with Crippen LogP contribution in [0.5, 0.6) is 0 Å². The molecule has 0 aliphatic carbocycles. The number of carbonyl (C=O) groups is 1. The largest absolute Gasteiger partial charge is 0.368 e. The number of carbonyl (C=O) groups excluding carboxylic acids is 1. The van der Waals surface area contributed by atoms with Crippen LogP contribution in [-0.2, 0) is 11.3 Å². The van der Waals surface area contributed by atoms with Crippen molar-refractivity contribution >= 4 is 5.91 Å². The van der Waals surface area contributed by atoms with E-state index in [9.17, 15) is 4.79 Å². The maximum absolute atomic E-state index is 11.5. The number of aryl methyl sites for hydroxylation is 2. The first-order valence-corrected chi connectivity index (χ1v) is 6.52. The number of rotatable bonds is 8. The molecule has 5 heteroatoms. The predicted molar refractivity (Wildman–Crippen MR) is 72.1 cm³/mol. The lowest BCUT2D eigenvalue weighted by molar-refractivity contribution is -0.124. The number of nitrogens with two attached hydrogens (primary N) is 1. The quantitative estimate of drug-likeness (QED) is 0.730. The number of primary amides is 1. The van der Waals surface area contributed by atoms with Gasteiger partial charge in [-0.25, -0.2) is 0 Å². The van der Waals surface area contributed by atoms with Gasteiger partial charge in [-0.15, -0.1) is 0 Å². The van der Waals surface area contributed by atoms with Crippen LogP contribution < -0.4 is 11.1 Å². The maximum atomic E-state index is 11.5. The molecule has 1 aromatic rings. The van der Waals surface area contributed by atoms with Crippen LogP contribution in [-0.4, -0.2) is 27.8 Å². The van der Waals surface area contributed by atoms with Crippen LogP contribution in [0, 0.1) is 6.92 Å². The normalized spacial score (nSPS) is 14.4. The van der Waals surface area contributed by atoms with Crippen molar-refractivity contribution in [3.8, 4) is 0 Å². The highest BCUT2D eigenvalue weighted by molar-refractivity contribution is 5.84. The summed E-state index contributed by atoms with van der Waals surface area (Å²) in [4.78, 5) is 11.5. The molecule has 1 aromatic heterocycles. The van der Waals surface area contributed by atoms with Gasteiger partial charge in [0, 0.05) is 12.7 Å². The van der Waals surface area contributed by atoms with Gasteiger partial charge in [-0.3, -0.25) is 9.48 Å². The Balaban J connectivity index is 2.44. The van der Waals surface area contributed by atoms with Crippen molar-refractivity contribution in [1.82, 2.24) is 15.1 Å². The second kappa shape index (κ2) is 6.54. The number of hydrogen-bond donors (Lipinski definition) is 2. The summed E-state index contributed by atoms with van der Waals surface area (Å²) >= 11 is 0. The first-order chi connectivity index (χ1) is 8.48. The molecule has 0 aliphatic rings. The average Bonchev–Trinajstić information content (AvgIpc) is 2.72. The smallest absolute Gasteiger partial charge is 0.237 e. The number of aromatic nitrogens is 2. The lowest BCUT2D eigenvalue weighted by atomic mass is 9.94. The summed E-state index contributed by atoms with van der Waals surface area (Å²) in [6.45, 7) is 7.57. The van der Waals surface area contributed by atoms with E-state index < -0.39 is 5.54 Å². The first kappa shape index (κ1) is 14.7. The van der Waals surface area contributed by atoms with E-state index >= 15 is 0 Å². The molecule has 0 fully saturated rings. The second-order valence-corrected chi connectivity index (χ2v) is 5.01. The van der Waals surface area contributed by atoms with Gasteiger partial charge in [0.2, 0.25) is 5.91 Å². The van der Waals surface area contributed by atoms with Gasteiger partial charge in [-0.1, -0.05) is 6.92 Å². The minimum atomic E-state index is -0.613. The monoisotopic (exact) mass is 252 g/mol. The van der Waals surface area contributed by atoms with Crippen molar-refractivity contribution in [2.24, 2.45) is 5.73 Å². The molecule has 1 amide bonds. The Kier molecular flexibility index (Phi) is 5.34. The van der Waals surface area contributed by atoms with Crippen molar-refractivity contribution in [2.75, 3.05) is 6.54 Å². The van der Waals surface area contributed by atoms with Crippen LogP contribution in [0.3, 0.4) is 0 Å². The fourth-order valence-corrected chi connectivity index (χ4v) is 1.88. The van der Waals surface area contributed by atoms with Crippen molar-refractivity contribution in [1.29, 1.82) is 0 Å². The van der Waals surface area contributed by atoms with Gasteiger partial charge >= 0.3 is 0 Å². The zero-order valence-corrected chi connectivity index (χ0v) is 11.6. The molecule has 0 spiro atoms. The van der Waals surface area contributed by atoms with Crippen LogP contribution >= 0.6 is 0 Å². The maximum Gasteiger partial charge on any atom is 0.237 e. The summed E-state index contributed by atoms with van der Waals surface area (Å²) in [5, 5.41) is 7.45. The van der Waals surface area contributed by atoms with Crippen LogP contribution in [0.15, 0.2) is 12.4 Å². The van der Waals surface area contributed by atoms with E-state index in [0.29, 0.717) is 0 Å². The Morgan fingerprint density at radius 2 is 2.33 bits per heavy atom. The Hall–Kier alpha value is -1.36. The average molecular weight is 252 g/mol. The molecule has 3 N–H and O–H groups in total. The van der Waals surface area contributed by atoms with E-state index in [1.54, 1.807) is 0 Å². The van der Waals surface area contributed by atoms with Crippen LogP contribution in [0.2, 0.25) is 0 Å². The molecule has 1 rings (SSSR count). The molecule has 0 saturated carbocycles. The van der Waals surface area contributed by atoms with Gasteiger partial charge in [-0.2, -0.15) is 5.10 Å². The third-order valence-corrected chi connectivity index (χ3v) is 3.14. The topological polar surface area (TPSA) is 72.9 Å². The zero-order chi connectivity index (χ0) is 13.6. The highest BCUT2D eigenvalue weighted by Crippen LogP contribution is 2.13. The summed E-state index contributed by atoms with van der Waals surface area (Å²) in [7, 11) is 0. The van der Waals surface area contributed by atoms with Crippen molar-refractivity contribution in [2.45, 2.75) is 52.1 Å². The predicted octanol–water partition coefficient (Wildman–Crippen LogP) is 1.22. The second-order valence-electron chi connectivity index (χ2n) is 5.01. The fourth-order valence-electron chi connectivity index (χ4n) is 1.88. The van der Waals surface area contributed by atoms with E-state index in [1.807, 2.05) is 30.9 Å². The SMILES string of the molecule is CCCNC(C)(CCCn1cc(C)cn1)C(N)=O. The Labute approximate surface area is 109 Å². The molecular formula is C13H24N4O. The zero-order valence-electron chi connectivity index (χ0n) is 11.6. The minimum Gasteiger partial charge on any atom is -0.368 e. The van der Waals surface area contributed by atoms with Crippen LogP contribution in [0.1, 0.15) is 38.7 Å². The Morgan fingerprint density at radius 1 is 1.61 bits per heavy atom. The van der Waals surface area contributed by atoms with E-state index in [1.165, 1.54) is 0 Å². The van der Waals surface area contributed by atoms with Crippen molar-refractivity contribution in [3.05, 3.63) is 18.0 Å². The van der Waals surface area contributed by atoms with E-state index in [-0.39, 0.29) is 5.91 Å². The number of amides is 1. The number of nitrogens with zero attached hydrogens (tertiary/aromatic N) is 2. The molecule has 18 heavy (non-hydrogen) atoms. The molecule has 0 saturated heterocycles. The summed E-state index contributed by atoms with van der Waals surface area (Å²) in [6, 6.07) is 0. The summed E-state index contributed by atoms with van der Waals surface area (Å²) in [6.07, 6.45) is 6.42. The molecule has 0 aliphatic heterocycles. The van der Waals surface area contributed by atoms with Gasteiger partial charge < -0.3 is 11.1 Å². The van der Waals surface area contributed by atoms with Gasteiger partial charge in [0.25, 0.3) is 0 Å². The first-order valence-electron chi connectivity index (χ1n) is 6.52. The van der Waals surface area contributed by atoms with Crippen molar-refractivity contribution in [3.63, 3.8) is 0 Å². The van der Waals surface area contributed by atoms with Crippen LogP contribution in [0.25, 0.3) is 0 Å². The lowest BCUT2D eigenvalue weighted by Crippen LogP contribution is -2.53. The van der Waals surface area contributed by atoms with Gasteiger partial charge in [0.05, 0.1) is 11.7 Å². The highest BCUT2D eigenvalue weighted by atomic mass is 16.1. The molecule has 0 aromatic carbocycles. The van der Waals surface area contributed by atoms with Gasteiger partial charge in [0.15, 0.2) is 0 Å². The molecular weight excluding hydrogens is 228 g/mol. The molecule has 1 heterocycles. The van der Waals surface area contributed by atoms with Crippen LogP contribution in [0.4, 0.5) is 0 Å². The fraction of sp³-hybridized carbons (Fsp3) is 0.692. The van der Waals surface area contributed by atoms with Gasteiger partial charge in [-0.05, 0) is 45.2 Å². The molecule has 5 nitrogen and oxygen atoms in total. The van der Waals surface area contributed by atoms with E-state index in [2.05, 4.69) is 17.3 Å². The molecule has 0 bridgehead atoms. The Bertz CT molecular complexity index is 388. The Morgan fingerprint density at radius 3 is 2.83 bits per heavy atom. The minimum absolute atomic E-state index is 0.285.